The van der Waals surface area contributed by atoms with Crippen molar-refractivity contribution >= 4 is 32.6 Å². The van der Waals surface area contributed by atoms with Crippen LogP contribution in [0.3, 0.4) is 0 Å². The Bertz CT molecular complexity index is 989. The molecule has 0 saturated carbocycles. The van der Waals surface area contributed by atoms with Crippen LogP contribution < -0.4 is 9.64 Å². The van der Waals surface area contributed by atoms with Crippen LogP contribution in [-0.4, -0.2) is 49.6 Å². The number of unbranched alkanes of at least 4 members (excludes halogenated alkanes) is 1. The number of benzene rings is 2. The van der Waals surface area contributed by atoms with E-state index in [1.807, 2.05) is 26.2 Å². The molecule has 0 atom stereocenters. The van der Waals surface area contributed by atoms with E-state index in [1.165, 1.54) is 23.5 Å². The van der Waals surface area contributed by atoms with Crippen molar-refractivity contribution in [1.82, 2.24) is 9.88 Å². The zero-order chi connectivity index (χ0) is 21.5. The zero-order valence-electron chi connectivity index (χ0n) is 17.7. The molecule has 1 amide bonds. The minimum atomic E-state index is -0.305. The summed E-state index contributed by atoms with van der Waals surface area (Å²) in [6.07, 6.45) is 2.82. The van der Waals surface area contributed by atoms with Crippen LogP contribution in [0.25, 0.3) is 10.2 Å². The first kappa shape index (κ1) is 22.2. The number of halogens is 1. The second-order valence-corrected chi connectivity index (χ2v) is 8.46. The maximum absolute atomic E-state index is 13.6. The smallest absolute Gasteiger partial charge is 0.260 e. The second kappa shape index (κ2) is 10.5. The number of hydrogen-bond donors (Lipinski definition) is 0. The monoisotopic (exact) mass is 429 g/mol. The van der Waals surface area contributed by atoms with Gasteiger partial charge in [0.1, 0.15) is 11.6 Å². The van der Waals surface area contributed by atoms with Gasteiger partial charge in [0, 0.05) is 12.1 Å². The molecule has 0 aliphatic rings. The molecule has 0 saturated heterocycles. The van der Waals surface area contributed by atoms with Crippen LogP contribution in [0.15, 0.2) is 42.5 Å². The Labute approximate surface area is 181 Å². The SMILES string of the molecule is CCCCOc1cccc(C(=O)N(CCCN(C)C)c2nc3ccc(F)cc3s2)c1. The van der Waals surface area contributed by atoms with Crippen molar-refractivity contribution in [3.05, 3.63) is 53.8 Å². The average molecular weight is 430 g/mol. The largest absolute Gasteiger partial charge is 0.494 e. The molecule has 30 heavy (non-hydrogen) atoms. The second-order valence-electron chi connectivity index (χ2n) is 7.45. The number of thiazole rings is 1. The van der Waals surface area contributed by atoms with Gasteiger partial charge in [0.05, 0.1) is 16.8 Å². The van der Waals surface area contributed by atoms with Crippen molar-refractivity contribution in [2.75, 3.05) is 38.7 Å². The highest BCUT2D eigenvalue weighted by atomic mass is 32.1. The molecular formula is C23H28FN3O2S. The summed E-state index contributed by atoms with van der Waals surface area (Å²) >= 11 is 1.33. The lowest BCUT2D eigenvalue weighted by Crippen LogP contribution is -2.33. The predicted octanol–water partition coefficient (Wildman–Crippen LogP) is 5.21. The summed E-state index contributed by atoms with van der Waals surface area (Å²) in [5.41, 5.74) is 1.25. The Morgan fingerprint density at radius 3 is 2.73 bits per heavy atom. The van der Waals surface area contributed by atoms with Gasteiger partial charge in [-0.2, -0.15) is 0 Å². The maximum Gasteiger partial charge on any atom is 0.260 e. The number of nitrogens with zero attached hydrogens (tertiary/aromatic N) is 3. The van der Waals surface area contributed by atoms with E-state index in [9.17, 15) is 9.18 Å². The van der Waals surface area contributed by atoms with Gasteiger partial charge in [-0.05, 0) is 69.9 Å². The third-order valence-corrected chi connectivity index (χ3v) is 5.69. The van der Waals surface area contributed by atoms with Crippen LogP contribution in [0.1, 0.15) is 36.5 Å². The summed E-state index contributed by atoms with van der Waals surface area (Å²) in [7, 11) is 4.01. The fraction of sp³-hybridized carbons (Fsp3) is 0.391. The lowest BCUT2D eigenvalue weighted by Gasteiger charge is -2.21. The third-order valence-electron chi connectivity index (χ3n) is 4.65. The summed E-state index contributed by atoms with van der Waals surface area (Å²) in [6, 6.07) is 11.8. The van der Waals surface area contributed by atoms with Crippen LogP contribution in [-0.2, 0) is 0 Å². The lowest BCUT2D eigenvalue weighted by atomic mass is 10.2. The maximum atomic E-state index is 13.6. The Kier molecular flexibility index (Phi) is 7.76. The Balaban J connectivity index is 1.87. The summed E-state index contributed by atoms with van der Waals surface area (Å²) in [5, 5.41) is 0.580. The molecule has 1 heterocycles. The van der Waals surface area contributed by atoms with E-state index in [2.05, 4.69) is 16.8 Å². The highest BCUT2D eigenvalue weighted by Gasteiger charge is 2.22. The summed E-state index contributed by atoms with van der Waals surface area (Å²) in [4.78, 5) is 21.8. The van der Waals surface area contributed by atoms with Gasteiger partial charge >= 0.3 is 0 Å². The molecule has 5 nitrogen and oxygen atoms in total. The van der Waals surface area contributed by atoms with Crippen LogP contribution in [0.5, 0.6) is 5.75 Å². The normalized spacial score (nSPS) is 11.2. The van der Waals surface area contributed by atoms with E-state index in [0.717, 1.165) is 30.5 Å². The van der Waals surface area contributed by atoms with E-state index in [0.29, 0.717) is 35.1 Å². The van der Waals surface area contributed by atoms with Crippen LogP contribution >= 0.6 is 11.3 Å². The zero-order valence-corrected chi connectivity index (χ0v) is 18.5. The number of aromatic nitrogens is 1. The molecule has 0 radical (unpaired) electrons. The van der Waals surface area contributed by atoms with E-state index >= 15 is 0 Å². The number of anilines is 1. The number of carbonyl (C=O) groups excluding carboxylic acids is 1. The van der Waals surface area contributed by atoms with Gasteiger partial charge in [-0.25, -0.2) is 9.37 Å². The summed E-state index contributed by atoms with van der Waals surface area (Å²) in [5.74, 6) is 0.253. The molecule has 0 spiro atoms. The standard InChI is InChI=1S/C23H28FN3O2S/c1-4-5-14-29-19-9-6-8-17(15-19)22(28)27(13-7-12-26(2)3)23-25-20-11-10-18(24)16-21(20)30-23/h6,8-11,15-16H,4-5,7,12-14H2,1-3H3. The average Bonchev–Trinajstić information content (AvgIpc) is 3.13. The molecule has 0 fully saturated rings. The van der Waals surface area contributed by atoms with Crippen molar-refractivity contribution < 1.29 is 13.9 Å². The van der Waals surface area contributed by atoms with Gasteiger partial charge in [0.15, 0.2) is 5.13 Å². The minimum Gasteiger partial charge on any atom is -0.494 e. The number of hydrogen-bond acceptors (Lipinski definition) is 5. The first-order valence-electron chi connectivity index (χ1n) is 10.2. The molecule has 0 N–H and O–H groups in total. The Morgan fingerprint density at radius 1 is 1.13 bits per heavy atom. The van der Waals surface area contributed by atoms with Gasteiger partial charge in [-0.3, -0.25) is 9.69 Å². The van der Waals surface area contributed by atoms with Crippen molar-refractivity contribution in [2.24, 2.45) is 0 Å². The molecular weight excluding hydrogens is 401 g/mol. The van der Waals surface area contributed by atoms with E-state index < -0.39 is 0 Å². The molecule has 3 rings (SSSR count). The van der Waals surface area contributed by atoms with Crippen molar-refractivity contribution in [2.45, 2.75) is 26.2 Å². The van der Waals surface area contributed by atoms with Crippen LogP contribution in [0.2, 0.25) is 0 Å². The quantitative estimate of drug-likeness (QED) is 0.415. The van der Waals surface area contributed by atoms with Gasteiger partial charge in [-0.1, -0.05) is 30.7 Å². The van der Waals surface area contributed by atoms with Gasteiger partial charge in [0.2, 0.25) is 0 Å². The van der Waals surface area contributed by atoms with Gasteiger partial charge in [-0.15, -0.1) is 0 Å². The van der Waals surface area contributed by atoms with E-state index in [1.54, 1.807) is 23.1 Å². The Morgan fingerprint density at radius 2 is 1.97 bits per heavy atom. The van der Waals surface area contributed by atoms with Crippen molar-refractivity contribution in [1.29, 1.82) is 0 Å². The number of ether oxygens (including phenoxy) is 1. The predicted molar refractivity (Wildman–Crippen MR) is 121 cm³/mol. The number of rotatable bonds is 10. The topological polar surface area (TPSA) is 45.7 Å². The first-order chi connectivity index (χ1) is 14.5. The first-order valence-corrected chi connectivity index (χ1v) is 11.0. The minimum absolute atomic E-state index is 0.130. The molecule has 0 bridgehead atoms. The molecule has 3 aromatic rings. The molecule has 0 aliphatic heterocycles. The van der Waals surface area contributed by atoms with E-state index in [-0.39, 0.29) is 11.7 Å². The highest BCUT2D eigenvalue weighted by Crippen LogP contribution is 2.31. The fourth-order valence-corrected chi connectivity index (χ4v) is 4.05. The highest BCUT2D eigenvalue weighted by molar-refractivity contribution is 7.22. The van der Waals surface area contributed by atoms with Gasteiger partial charge < -0.3 is 9.64 Å². The summed E-state index contributed by atoms with van der Waals surface area (Å²) in [6.45, 7) is 4.12. The molecule has 2 aromatic carbocycles. The molecule has 0 aliphatic carbocycles. The lowest BCUT2D eigenvalue weighted by molar-refractivity contribution is 0.0985. The fourth-order valence-electron chi connectivity index (χ4n) is 3.04. The number of amides is 1. The van der Waals surface area contributed by atoms with Crippen molar-refractivity contribution in [3.63, 3.8) is 0 Å². The number of carbonyl (C=O) groups is 1. The third kappa shape index (κ3) is 5.77. The van der Waals surface area contributed by atoms with Crippen molar-refractivity contribution in [3.8, 4) is 5.75 Å². The summed E-state index contributed by atoms with van der Waals surface area (Å²) < 4.78 is 20.1. The molecule has 160 valence electrons. The van der Waals surface area contributed by atoms with Gasteiger partial charge in [0.25, 0.3) is 5.91 Å². The van der Waals surface area contributed by atoms with Crippen LogP contribution in [0, 0.1) is 5.82 Å². The van der Waals surface area contributed by atoms with Crippen LogP contribution in [0.4, 0.5) is 9.52 Å². The number of fused-ring (bicyclic) bond motifs is 1. The molecule has 0 unspecified atom stereocenters. The molecule has 1 aromatic heterocycles. The Hall–Kier alpha value is -2.51. The van der Waals surface area contributed by atoms with E-state index in [4.69, 9.17) is 4.74 Å². The molecule has 7 heteroatoms.